The summed E-state index contributed by atoms with van der Waals surface area (Å²) in [6.45, 7) is 11.2. The molecule has 172 valence electrons. The number of hydrogen-bond acceptors (Lipinski definition) is 2. The average molecular weight is 445 g/mol. The summed E-state index contributed by atoms with van der Waals surface area (Å²) in [5.41, 5.74) is 6.65. The average Bonchev–Trinajstić information content (AvgIpc) is 2.76. The summed E-state index contributed by atoms with van der Waals surface area (Å²) in [5.74, 6) is -2.08. The summed E-state index contributed by atoms with van der Waals surface area (Å²) < 4.78 is 0. The lowest BCUT2D eigenvalue weighted by molar-refractivity contribution is -0.131. The lowest BCUT2D eigenvalue weighted by Crippen LogP contribution is -2.33. The van der Waals surface area contributed by atoms with Gasteiger partial charge in [-0.15, -0.1) is 0 Å². The van der Waals surface area contributed by atoms with Crippen LogP contribution in [0.25, 0.3) is 11.1 Å². The minimum atomic E-state index is -1.06. The van der Waals surface area contributed by atoms with E-state index in [0.29, 0.717) is 11.1 Å². The van der Waals surface area contributed by atoms with E-state index in [1.165, 1.54) is 29.7 Å². The standard InChI is InChI=1S/C29H32O4/c1-19(21-11-13-24-25(18-21)29(4,5)16-15-28(24,2)3)9-10-20(12-14-26(30)31)22-7-6-8-23(17-22)27(32)33/h6-14,17-18H,15-16H2,1-5H3,(H,30,31)(H,32,33)/b14-12?,19-9+,20-10-. The van der Waals surface area contributed by atoms with Gasteiger partial charge in [-0.1, -0.05) is 70.2 Å². The molecule has 0 aliphatic heterocycles. The van der Waals surface area contributed by atoms with E-state index < -0.39 is 11.9 Å². The van der Waals surface area contributed by atoms with Crippen molar-refractivity contribution >= 4 is 23.1 Å². The number of allylic oxidation sites excluding steroid dienone is 5. The van der Waals surface area contributed by atoms with Crippen LogP contribution in [-0.4, -0.2) is 22.2 Å². The molecule has 33 heavy (non-hydrogen) atoms. The Labute approximate surface area is 196 Å². The second-order valence-corrected chi connectivity index (χ2v) is 10.1. The first-order valence-electron chi connectivity index (χ1n) is 11.2. The van der Waals surface area contributed by atoms with Crippen LogP contribution >= 0.6 is 0 Å². The molecule has 3 rings (SSSR count). The van der Waals surface area contributed by atoms with E-state index in [4.69, 9.17) is 5.11 Å². The maximum absolute atomic E-state index is 11.4. The molecular formula is C29H32O4. The van der Waals surface area contributed by atoms with Gasteiger partial charge in [0, 0.05) is 6.08 Å². The van der Waals surface area contributed by atoms with Crippen LogP contribution < -0.4 is 0 Å². The second-order valence-electron chi connectivity index (χ2n) is 10.1. The summed E-state index contributed by atoms with van der Waals surface area (Å²) in [5, 5.41) is 18.4. The quantitative estimate of drug-likeness (QED) is 0.377. The van der Waals surface area contributed by atoms with E-state index in [2.05, 4.69) is 45.9 Å². The van der Waals surface area contributed by atoms with Crippen LogP contribution in [0.4, 0.5) is 0 Å². The zero-order valence-electron chi connectivity index (χ0n) is 20.0. The largest absolute Gasteiger partial charge is 0.478 e. The minimum Gasteiger partial charge on any atom is -0.478 e. The fourth-order valence-electron chi connectivity index (χ4n) is 4.39. The number of aromatic carboxylic acids is 1. The van der Waals surface area contributed by atoms with Crippen molar-refractivity contribution in [2.75, 3.05) is 0 Å². The molecule has 0 unspecified atom stereocenters. The number of carboxylic acid groups (broad SMARTS) is 2. The molecule has 0 aromatic heterocycles. The summed E-state index contributed by atoms with van der Waals surface area (Å²) in [6.07, 6.45) is 8.65. The molecule has 2 aromatic carbocycles. The Hall–Kier alpha value is -3.40. The minimum absolute atomic E-state index is 0.115. The van der Waals surface area contributed by atoms with Crippen molar-refractivity contribution in [2.24, 2.45) is 0 Å². The maximum Gasteiger partial charge on any atom is 0.335 e. The molecule has 0 heterocycles. The van der Waals surface area contributed by atoms with Gasteiger partial charge in [-0.3, -0.25) is 0 Å². The third-order valence-corrected chi connectivity index (χ3v) is 6.67. The molecule has 0 saturated carbocycles. The van der Waals surface area contributed by atoms with Gasteiger partial charge < -0.3 is 10.2 Å². The van der Waals surface area contributed by atoms with E-state index in [0.717, 1.165) is 23.6 Å². The van der Waals surface area contributed by atoms with Crippen LogP contribution in [0.15, 0.2) is 66.8 Å². The number of rotatable bonds is 6. The second kappa shape index (κ2) is 9.22. The van der Waals surface area contributed by atoms with Gasteiger partial charge in [0.1, 0.15) is 0 Å². The van der Waals surface area contributed by atoms with Crippen LogP contribution in [0.3, 0.4) is 0 Å². The van der Waals surface area contributed by atoms with Gasteiger partial charge in [-0.25, -0.2) is 9.59 Å². The summed E-state index contributed by atoms with van der Waals surface area (Å²) >= 11 is 0. The predicted molar refractivity (Wildman–Crippen MR) is 134 cm³/mol. The molecule has 1 aliphatic carbocycles. The summed E-state index contributed by atoms with van der Waals surface area (Å²) in [7, 11) is 0. The van der Waals surface area contributed by atoms with Gasteiger partial charge in [-0.05, 0) is 82.2 Å². The van der Waals surface area contributed by atoms with Gasteiger partial charge in [0.2, 0.25) is 0 Å². The SMILES string of the molecule is C/C(=C\C=C(\C=CC(=O)O)c1cccc(C(=O)O)c1)c1ccc2c(c1)C(C)(C)CCC2(C)C. The summed E-state index contributed by atoms with van der Waals surface area (Å²) in [4.78, 5) is 22.5. The molecule has 0 spiro atoms. The molecule has 1 aliphatic rings. The van der Waals surface area contributed by atoms with Gasteiger partial charge in [-0.2, -0.15) is 0 Å². The molecule has 2 N–H and O–H groups in total. The maximum atomic E-state index is 11.4. The zero-order valence-corrected chi connectivity index (χ0v) is 20.0. The first-order chi connectivity index (χ1) is 15.4. The molecule has 0 bridgehead atoms. The Bertz CT molecular complexity index is 1180. The monoisotopic (exact) mass is 444 g/mol. The fourth-order valence-corrected chi connectivity index (χ4v) is 4.39. The van der Waals surface area contributed by atoms with Crippen LogP contribution in [0.2, 0.25) is 0 Å². The Kier molecular flexibility index (Phi) is 6.78. The van der Waals surface area contributed by atoms with E-state index in [9.17, 15) is 14.7 Å². The topological polar surface area (TPSA) is 74.6 Å². The summed E-state index contributed by atoms with van der Waals surface area (Å²) in [6, 6.07) is 13.2. The van der Waals surface area contributed by atoms with E-state index >= 15 is 0 Å². The molecule has 2 aromatic rings. The number of carboxylic acids is 2. The highest BCUT2D eigenvalue weighted by molar-refractivity contribution is 5.91. The number of benzene rings is 2. The van der Waals surface area contributed by atoms with Crippen molar-refractivity contribution in [3.63, 3.8) is 0 Å². The van der Waals surface area contributed by atoms with Crippen molar-refractivity contribution in [1.29, 1.82) is 0 Å². The van der Waals surface area contributed by atoms with Crippen LogP contribution in [-0.2, 0) is 15.6 Å². The first kappa shape index (κ1) is 24.2. The predicted octanol–water partition coefficient (Wildman–Crippen LogP) is 6.86. The third-order valence-electron chi connectivity index (χ3n) is 6.67. The molecule has 4 nitrogen and oxygen atoms in total. The van der Waals surface area contributed by atoms with Gasteiger partial charge in [0.25, 0.3) is 0 Å². The number of aliphatic carboxylic acids is 1. The molecular weight excluding hydrogens is 412 g/mol. The van der Waals surface area contributed by atoms with E-state index in [-0.39, 0.29) is 16.4 Å². The van der Waals surface area contributed by atoms with Crippen LogP contribution in [0.1, 0.15) is 80.1 Å². The number of carbonyl (C=O) groups is 2. The number of fused-ring (bicyclic) bond motifs is 1. The highest BCUT2D eigenvalue weighted by Gasteiger charge is 2.36. The Morgan fingerprint density at radius 3 is 2.06 bits per heavy atom. The van der Waals surface area contributed by atoms with Gasteiger partial charge in [0.05, 0.1) is 5.56 Å². The van der Waals surface area contributed by atoms with Gasteiger partial charge >= 0.3 is 11.9 Å². The fraction of sp³-hybridized carbons (Fsp3) is 0.310. The Morgan fingerprint density at radius 2 is 1.42 bits per heavy atom. The Morgan fingerprint density at radius 1 is 0.788 bits per heavy atom. The molecule has 0 atom stereocenters. The van der Waals surface area contributed by atoms with Crippen LogP contribution in [0, 0.1) is 0 Å². The highest BCUT2D eigenvalue weighted by atomic mass is 16.4. The highest BCUT2D eigenvalue weighted by Crippen LogP contribution is 2.46. The number of hydrogen-bond donors (Lipinski definition) is 2. The third kappa shape index (κ3) is 5.51. The Balaban J connectivity index is 2.04. The molecule has 4 heteroatoms. The molecule has 0 saturated heterocycles. The van der Waals surface area contributed by atoms with Crippen molar-refractivity contribution in [1.82, 2.24) is 0 Å². The smallest absolute Gasteiger partial charge is 0.335 e. The molecule has 0 amide bonds. The van der Waals surface area contributed by atoms with Gasteiger partial charge in [0.15, 0.2) is 0 Å². The molecule has 0 fully saturated rings. The lowest BCUT2D eigenvalue weighted by Gasteiger charge is -2.42. The lowest BCUT2D eigenvalue weighted by atomic mass is 9.63. The van der Waals surface area contributed by atoms with Crippen molar-refractivity contribution in [2.45, 2.75) is 58.3 Å². The van der Waals surface area contributed by atoms with Crippen LogP contribution in [0.5, 0.6) is 0 Å². The van der Waals surface area contributed by atoms with E-state index in [1.54, 1.807) is 18.2 Å². The normalized spacial score (nSPS) is 17.6. The first-order valence-corrected chi connectivity index (χ1v) is 11.2. The van der Waals surface area contributed by atoms with Crippen molar-refractivity contribution in [3.8, 4) is 0 Å². The van der Waals surface area contributed by atoms with E-state index in [1.807, 2.05) is 19.1 Å². The zero-order chi connectivity index (χ0) is 24.4. The van der Waals surface area contributed by atoms with Crippen molar-refractivity contribution < 1.29 is 19.8 Å². The molecule has 0 radical (unpaired) electrons. The van der Waals surface area contributed by atoms with Crippen molar-refractivity contribution in [3.05, 3.63) is 94.6 Å².